The lowest BCUT2D eigenvalue weighted by Crippen LogP contribution is -2.39. The number of nitrogens with zero attached hydrogens (tertiary/aromatic N) is 3. The predicted octanol–water partition coefficient (Wildman–Crippen LogP) is 3.26. The van der Waals surface area contributed by atoms with E-state index in [1.807, 2.05) is 18.7 Å². The first-order valence-corrected chi connectivity index (χ1v) is 10.1. The van der Waals surface area contributed by atoms with Crippen LogP contribution in [-0.2, 0) is 0 Å². The van der Waals surface area contributed by atoms with Crippen LogP contribution in [0.1, 0.15) is 48.7 Å². The molecule has 2 fully saturated rings. The Hall–Kier alpha value is -2.41. The van der Waals surface area contributed by atoms with Crippen LogP contribution in [0, 0.1) is 18.2 Å². The topological polar surface area (TPSA) is 65.8 Å². The fourth-order valence-electron chi connectivity index (χ4n) is 4.85. The molecular formula is C22H28FN3O3. The summed E-state index contributed by atoms with van der Waals surface area (Å²) < 4.78 is 17.3. The van der Waals surface area contributed by atoms with Crippen LogP contribution in [0.15, 0.2) is 17.1 Å². The van der Waals surface area contributed by atoms with Gasteiger partial charge in [0.05, 0.1) is 16.6 Å². The SMILES string of the molecule is Cc1c(F)c(N2C[C@@H](N(C)C)C(C)(C)C2)cc2c1c(=O)c(C(=O)O)cn2C1CC1. The molecule has 0 radical (unpaired) electrons. The van der Waals surface area contributed by atoms with Gasteiger partial charge in [0.25, 0.3) is 0 Å². The standard InChI is InChI=1S/C22H28FN3O3/c1-12-18-15(26(13-6-7-13)9-14(20(18)27)21(28)29)8-16(19(12)23)25-10-17(24(4)5)22(2,3)11-25/h8-9,13,17H,6-7,10-11H2,1-5H3,(H,28,29)/t17-/m1/s1. The van der Waals surface area contributed by atoms with E-state index < -0.39 is 17.2 Å². The lowest BCUT2D eigenvalue weighted by molar-refractivity contribution is 0.0695. The summed E-state index contributed by atoms with van der Waals surface area (Å²) in [6.07, 6.45) is 3.30. The Bertz CT molecular complexity index is 1070. The van der Waals surface area contributed by atoms with Gasteiger partial charge in [-0.15, -0.1) is 0 Å². The van der Waals surface area contributed by atoms with E-state index in [0.29, 0.717) is 24.3 Å². The molecular weight excluding hydrogens is 373 g/mol. The van der Waals surface area contributed by atoms with Gasteiger partial charge in [-0.2, -0.15) is 0 Å². The zero-order chi connectivity index (χ0) is 21.2. The number of hydrogen-bond donors (Lipinski definition) is 1. The highest BCUT2D eigenvalue weighted by molar-refractivity contribution is 5.95. The average Bonchev–Trinajstić information content (AvgIpc) is 3.40. The fraction of sp³-hybridized carbons (Fsp3) is 0.545. The molecule has 1 aromatic carbocycles. The van der Waals surface area contributed by atoms with Gasteiger partial charge in [0, 0.05) is 36.9 Å². The van der Waals surface area contributed by atoms with E-state index in [1.54, 1.807) is 13.0 Å². The summed E-state index contributed by atoms with van der Waals surface area (Å²) in [6.45, 7) is 7.35. The van der Waals surface area contributed by atoms with Gasteiger partial charge in [-0.05, 0) is 45.3 Å². The smallest absolute Gasteiger partial charge is 0.341 e. The molecule has 1 aliphatic heterocycles. The summed E-state index contributed by atoms with van der Waals surface area (Å²) in [7, 11) is 4.08. The second kappa shape index (κ2) is 6.55. The van der Waals surface area contributed by atoms with Crippen LogP contribution in [0.25, 0.3) is 10.9 Å². The Labute approximate surface area is 169 Å². The molecule has 29 heavy (non-hydrogen) atoms. The maximum atomic E-state index is 15.5. The molecule has 1 N–H and O–H groups in total. The van der Waals surface area contributed by atoms with Crippen molar-refractivity contribution in [3.8, 4) is 0 Å². The molecule has 6 nitrogen and oxygen atoms in total. The summed E-state index contributed by atoms with van der Waals surface area (Å²) in [5.41, 5.74) is 0.426. The first kappa shape index (κ1) is 19.9. The number of rotatable bonds is 4. The molecule has 1 atom stereocenters. The normalized spacial score (nSPS) is 21.3. The van der Waals surface area contributed by atoms with E-state index in [2.05, 4.69) is 23.6 Å². The lowest BCUT2D eigenvalue weighted by Gasteiger charge is -2.30. The van der Waals surface area contributed by atoms with Crippen molar-refractivity contribution in [2.45, 2.75) is 45.7 Å². The molecule has 2 heterocycles. The number of halogens is 1. The van der Waals surface area contributed by atoms with Crippen LogP contribution < -0.4 is 10.3 Å². The molecule has 0 bridgehead atoms. The average molecular weight is 401 g/mol. The van der Waals surface area contributed by atoms with Crippen LogP contribution in [0.5, 0.6) is 0 Å². The van der Waals surface area contributed by atoms with E-state index in [-0.39, 0.29) is 34.0 Å². The summed E-state index contributed by atoms with van der Waals surface area (Å²) in [4.78, 5) is 28.6. The van der Waals surface area contributed by atoms with Gasteiger partial charge >= 0.3 is 5.97 Å². The molecule has 4 rings (SSSR count). The fourth-order valence-corrected chi connectivity index (χ4v) is 4.85. The Morgan fingerprint density at radius 1 is 1.31 bits per heavy atom. The molecule has 0 unspecified atom stereocenters. The van der Waals surface area contributed by atoms with E-state index in [0.717, 1.165) is 12.8 Å². The molecule has 1 saturated carbocycles. The van der Waals surface area contributed by atoms with E-state index in [1.165, 1.54) is 6.20 Å². The van der Waals surface area contributed by atoms with Crippen molar-refractivity contribution in [2.75, 3.05) is 32.1 Å². The largest absolute Gasteiger partial charge is 0.477 e. The summed E-state index contributed by atoms with van der Waals surface area (Å²) in [5, 5.41) is 9.64. The molecule has 0 spiro atoms. The zero-order valence-electron chi connectivity index (χ0n) is 17.6. The van der Waals surface area contributed by atoms with Crippen LogP contribution >= 0.6 is 0 Å². The number of pyridine rings is 1. The van der Waals surface area contributed by atoms with Crippen molar-refractivity contribution in [3.63, 3.8) is 0 Å². The summed E-state index contributed by atoms with van der Waals surface area (Å²) in [5.74, 6) is -1.71. The number of fused-ring (bicyclic) bond motifs is 1. The van der Waals surface area contributed by atoms with E-state index in [4.69, 9.17) is 0 Å². The second-order valence-corrected chi connectivity index (χ2v) is 9.39. The van der Waals surface area contributed by atoms with Gasteiger partial charge in [-0.3, -0.25) is 4.79 Å². The van der Waals surface area contributed by atoms with Crippen LogP contribution in [0.2, 0.25) is 0 Å². The van der Waals surface area contributed by atoms with Gasteiger partial charge in [0.2, 0.25) is 5.43 Å². The number of carboxylic acids is 1. The van der Waals surface area contributed by atoms with Crippen molar-refractivity contribution < 1.29 is 14.3 Å². The monoisotopic (exact) mass is 401 g/mol. The van der Waals surface area contributed by atoms with Crippen molar-refractivity contribution in [3.05, 3.63) is 39.4 Å². The van der Waals surface area contributed by atoms with Crippen molar-refractivity contribution in [1.82, 2.24) is 9.47 Å². The van der Waals surface area contributed by atoms with Gasteiger partial charge < -0.3 is 19.5 Å². The zero-order valence-corrected chi connectivity index (χ0v) is 17.6. The highest BCUT2D eigenvalue weighted by Gasteiger charge is 2.41. The highest BCUT2D eigenvalue weighted by Crippen LogP contribution is 2.41. The quantitative estimate of drug-likeness (QED) is 0.852. The molecule has 1 aliphatic carbocycles. The maximum absolute atomic E-state index is 15.5. The van der Waals surface area contributed by atoms with Crippen LogP contribution in [-0.4, -0.2) is 53.8 Å². The van der Waals surface area contributed by atoms with Crippen LogP contribution in [0.4, 0.5) is 10.1 Å². The van der Waals surface area contributed by atoms with Crippen molar-refractivity contribution in [2.24, 2.45) is 5.41 Å². The second-order valence-electron chi connectivity index (χ2n) is 9.39. The predicted molar refractivity (Wildman–Crippen MR) is 112 cm³/mol. The molecule has 2 aromatic rings. The van der Waals surface area contributed by atoms with Crippen molar-refractivity contribution >= 4 is 22.6 Å². The van der Waals surface area contributed by atoms with Gasteiger partial charge in [-0.25, -0.2) is 9.18 Å². The Balaban J connectivity index is 1.94. The van der Waals surface area contributed by atoms with E-state index >= 15 is 4.39 Å². The maximum Gasteiger partial charge on any atom is 0.341 e. The third kappa shape index (κ3) is 3.12. The van der Waals surface area contributed by atoms with Crippen molar-refractivity contribution in [1.29, 1.82) is 0 Å². The van der Waals surface area contributed by atoms with Gasteiger partial charge in [0.15, 0.2) is 0 Å². The Kier molecular flexibility index (Phi) is 4.49. The molecule has 7 heteroatoms. The minimum atomic E-state index is -1.27. The number of aryl methyl sites for hydroxylation is 1. The van der Waals surface area contributed by atoms with Crippen LogP contribution in [0.3, 0.4) is 0 Å². The number of hydrogen-bond acceptors (Lipinski definition) is 4. The highest BCUT2D eigenvalue weighted by atomic mass is 19.1. The van der Waals surface area contributed by atoms with Gasteiger partial charge in [0.1, 0.15) is 11.4 Å². The number of aromatic carboxylic acids is 1. The summed E-state index contributed by atoms with van der Waals surface area (Å²) >= 11 is 0. The number of aromatic nitrogens is 1. The molecule has 2 aliphatic rings. The Morgan fingerprint density at radius 2 is 1.97 bits per heavy atom. The van der Waals surface area contributed by atoms with Gasteiger partial charge in [-0.1, -0.05) is 13.8 Å². The first-order valence-electron chi connectivity index (χ1n) is 10.1. The molecule has 1 saturated heterocycles. The minimum Gasteiger partial charge on any atom is -0.477 e. The first-order chi connectivity index (χ1) is 13.5. The van der Waals surface area contributed by atoms with E-state index in [9.17, 15) is 14.7 Å². The number of carboxylic acid groups (broad SMARTS) is 1. The minimum absolute atomic E-state index is 0.0118. The number of carbonyl (C=O) groups is 1. The number of benzene rings is 1. The number of likely N-dealkylation sites (N-methyl/N-ethyl adjacent to an activating group) is 1. The third-order valence-electron chi connectivity index (χ3n) is 6.51. The number of anilines is 1. The third-order valence-corrected chi connectivity index (χ3v) is 6.51. The Morgan fingerprint density at radius 3 is 2.48 bits per heavy atom. The molecule has 1 aromatic heterocycles. The molecule has 0 amide bonds. The lowest BCUT2D eigenvalue weighted by atomic mass is 9.87. The summed E-state index contributed by atoms with van der Waals surface area (Å²) in [6, 6.07) is 2.19. The molecule has 156 valence electrons.